The third-order valence-corrected chi connectivity index (χ3v) is 5.71. The second-order valence-corrected chi connectivity index (χ2v) is 8.10. The zero-order valence-corrected chi connectivity index (χ0v) is 15.0. The largest absolute Gasteiger partial charge is 0.349 e. The van der Waals surface area contributed by atoms with E-state index in [9.17, 15) is 8.42 Å². The zero-order chi connectivity index (χ0) is 15.9. The van der Waals surface area contributed by atoms with Crippen molar-refractivity contribution >= 4 is 21.8 Å². The summed E-state index contributed by atoms with van der Waals surface area (Å²) in [6, 6.07) is 1.70. The lowest BCUT2D eigenvalue weighted by atomic mass is 10.3. The first-order chi connectivity index (χ1) is 9.94. The highest BCUT2D eigenvalue weighted by Gasteiger charge is 2.20. The second-order valence-electron chi connectivity index (χ2n) is 4.99. The molecule has 0 aliphatic carbocycles. The van der Waals surface area contributed by atoms with Gasteiger partial charge in [0.15, 0.2) is 0 Å². The molecule has 1 aromatic rings. The van der Waals surface area contributed by atoms with Crippen LogP contribution in [0.25, 0.3) is 0 Å². The van der Waals surface area contributed by atoms with Crippen LogP contribution in [0, 0.1) is 0 Å². The Labute approximate surface area is 132 Å². The number of nitrogens with one attached hydrogen (secondary N) is 2. The maximum absolute atomic E-state index is 12.4. The molecule has 1 rings (SSSR count). The van der Waals surface area contributed by atoms with Crippen molar-refractivity contribution in [3.05, 3.63) is 18.0 Å². The minimum absolute atomic E-state index is 0.0493. The SMILES string of the molecule is CCSCCC(C)NS(=O)(=O)c1cc(CNC)n(CC)c1. The molecule has 5 nitrogen and oxygen atoms in total. The van der Waals surface area contributed by atoms with Crippen molar-refractivity contribution in [3.8, 4) is 0 Å². The predicted molar refractivity (Wildman–Crippen MR) is 90.3 cm³/mol. The molecule has 0 fully saturated rings. The quantitative estimate of drug-likeness (QED) is 0.643. The van der Waals surface area contributed by atoms with Gasteiger partial charge in [-0.05, 0) is 44.9 Å². The number of hydrogen-bond donors (Lipinski definition) is 2. The average molecular weight is 334 g/mol. The Morgan fingerprint density at radius 1 is 1.38 bits per heavy atom. The molecule has 21 heavy (non-hydrogen) atoms. The van der Waals surface area contributed by atoms with E-state index >= 15 is 0 Å². The topological polar surface area (TPSA) is 63.1 Å². The van der Waals surface area contributed by atoms with Crippen molar-refractivity contribution in [2.45, 2.75) is 51.2 Å². The molecule has 1 unspecified atom stereocenters. The molecule has 0 bridgehead atoms. The Balaban J connectivity index is 2.77. The molecular formula is C14H27N3O2S2. The molecule has 0 saturated carbocycles. The molecule has 1 heterocycles. The smallest absolute Gasteiger partial charge is 0.242 e. The highest BCUT2D eigenvalue weighted by molar-refractivity contribution is 7.99. The van der Waals surface area contributed by atoms with Crippen LogP contribution in [0.15, 0.2) is 17.2 Å². The standard InChI is InChI=1S/C14H27N3O2S2/c1-5-17-11-14(9-13(17)10-15-4)21(18,19)16-12(3)7-8-20-6-2/h9,11-12,15-16H,5-8,10H2,1-4H3. The molecule has 0 aliphatic rings. The Morgan fingerprint density at radius 2 is 2.10 bits per heavy atom. The minimum atomic E-state index is -3.43. The third-order valence-electron chi connectivity index (χ3n) is 3.23. The number of nitrogens with zero attached hydrogens (tertiary/aromatic N) is 1. The summed E-state index contributed by atoms with van der Waals surface area (Å²) in [5.74, 6) is 2.04. The van der Waals surface area contributed by atoms with Crippen LogP contribution < -0.4 is 10.0 Å². The van der Waals surface area contributed by atoms with E-state index in [1.54, 1.807) is 12.3 Å². The summed E-state index contributed by atoms with van der Waals surface area (Å²) in [5.41, 5.74) is 0.981. The number of thioether (sulfide) groups is 1. The Bertz CT molecular complexity index is 526. The maximum atomic E-state index is 12.4. The summed E-state index contributed by atoms with van der Waals surface area (Å²) < 4.78 is 29.5. The molecular weight excluding hydrogens is 306 g/mol. The molecule has 0 spiro atoms. The van der Waals surface area contributed by atoms with Crippen molar-refractivity contribution in [1.29, 1.82) is 0 Å². The van der Waals surface area contributed by atoms with Crippen LogP contribution in [0.3, 0.4) is 0 Å². The molecule has 0 saturated heterocycles. The van der Waals surface area contributed by atoms with Crippen LogP contribution >= 0.6 is 11.8 Å². The Kier molecular flexibility index (Phi) is 7.79. The fourth-order valence-electron chi connectivity index (χ4n) is 2.09. The van der Waals surface area contributed by atoms with Gasteiger partial charge in [-0.1, -0.05) is 6.92 Å². The minimum Gasteiger partial charge on any atom is -0.349 e. The molecule has 0 aliphatic heterocycles. The summed E-state index contributed by atoms with van der Waals surface area (Å²) in [4.78, 5) is 0.351. The summed E-state index contributed by atoms with van der Waals surface area (Å²) >= 11 is 1.83. The highest BCUT2D eigenvalue weighted by Crippen LogP contribution is 2.16. The number of aryl methyl sites for hydroxylation is 1. The van der Waals surface area contributed by atoms with E-state index in [-0.39, 0.29) is 6.04 Å². The van der Waals surface area contributed by atoms with Gasteiger partial charge < -0.3 is 9.88 Å². The van der Waals surface area contributed by atoms with Gasteiger partial charge in [-0.25, -0.2) is 13.1 Å². The molecule has 2 N–H and O–H groups in total. The zero-order valence-electron chi connectivity index (χ0n) is 13.3. The maximum Gasteiger partial charge on any atom is 0.242 e. The lowest BCUT2D eigenvalue weighted by Crippen LogP contribution is -2.32. The first-order valence-electron chi connectivity index (χ1n) is 7.38. The van der Waals surface area contributed by atoms with Crippen LogP contribution in [0.5, 0.6) is 0 Å². The van der Waals surface area contributed by atoms with Crippen molar-refractivity contribution in [3.63, 3.8) is 0 Å². The summed E-state index contributed by atoms with van der Waals surface area (Å²) in [7, 11) is -1.58. The van der Waals surface area contributed by atoms with Crippen LogP contribution in [0.4, 0.5) is 0 Å². The van der Waals surface area contributed by atoms with Crippen molar-refractivity contribution in [1.82, 2.24) is 14.6 Å². The first kappa shape index (κ1) is 18.5. The monoisotopic (exact) mass is 333 g/mol. The van der Waals surface area contributed by atoms with E-state index < -0.39 is 10.0 Å². The van der Waals surface area contributed by atoms with Gasteiger partial charge in [-0.15, -0.1) is 0 Å². The van der Waals surface area contributed by atoms with Crippen molar-refractivity contribution in [2.24, 2.45) is 0 Å². The van der Waals surface area contributed by atoms with Crippen LogP contribution in [0.1, 0.15) is 32.9 Å². The van der Waals surface area contributed by atoms with E-state index in [4.69, 9.17) is 0 Å². The summed E-state index contributed by atoms with van der Waals surface area (Å²) in [6.45, 7) is 7.45. The number of sulfonamides is 1. The Hall–Kier alpha value is -0.500. The lowest BCUT2D eigenvalue weighted by Gasteiger charge is -2.12. The van der Waals surface area contributed by atoms with E-state index in [0.717, 1.165) is 30.2 Å². The van der Waals surface area contributed by atoms with Gasteiger partial charge in [-0.3, -0.25) is 0 Å². The predicted octanol–water partition coefficient (Wildman–Crippen LogP) is 2.04. The van der Waals surface area contributed by atoms with Crippen LogP contribution in [0.2, 0.25) is 0 Å². The number of rotatable bonds is 10. The molecule has 0 amide bonds. The van der Waals surface area contributed by atoms with Crippen molar-refractivity contribution in [2.75, 3.05) is 18.6 Å². The van der Waals surface area contributed by atoms with Gasteiger partial charge in [0.2, 0.25) is 10.0 Å². The average Bonchev–Trinajstić information content (AvgIpc) is 2.83. The fourth-order valence-corrected chi connectivity index (χ4v) is 4.24. The first-order valence-corrected chi connectivity index (χ1v) is 10.0. The van der Waals surface area contributed by atoms with E-state index in [2.05, 4.69) is 17.0 Å². The molecule has 0 radical (unpaired) electrons. The van der Waals surface area contributed by atoms with Crippen LogP contribution in [-0.2, 0) is 23.1 Å². The summed E-state index contributed by atoms with van der Waals surface area (Å²) in [6.07, 6.45) is 2.55. The van der Waals surface area contributed by atoms with Gasteiger partial charge in [0.05, 0.1) is 4.90 Å². The molecule has 0 aromatic carbocycles. The number of hydrogen-bond acceptors (Lipinski definition) is 4. The van der Waals surface area contributed by atoms with Gasteiger partial charge in [-0.2, -0.15) is 11.8 Å². The van der Waals surface area contributed by atoms with Gasteiger partial charge >= 0.3 is 0 Å². The highest BCUT2D eigenvalue weighted by atomic mass is 32.2. The molecule has 7 heteroatoms. The normalized spacial score (nSPS) is 13.5. The lowest BCUT2D eigenvalue weighted by molar-refractivity contribution is 0.556. The van der Waals surface area contributed by atoms with E-state index in [0.29, 0.717) is 11.4 Å². The summed E-state index contributed by atoms with van der Waals surface area (Å²) in [5, 5.41) is 3.06. The second kappa shape index (κ2) is 8.82. The van der Waals surface area contributed by atoms with Crippen molar-refractivity contribution < 1.29 is 8.42 Å². The van der Waals surface area contributed by atoms with Crippen LogP contribution in [-0.4, -0.2) is 37.6 Å². The third kappa shape index (κ3) is 5.65. The van der Waals surface area contributed by atoms with Gasteiger partial charge in [0.25, 0.3) is 0 Å². The fraction of sp³-hybridized carbons (Fsp3) is 0.714. The number of aromatic nitrogens is 1. The molecule has 122 valence electrons. The van der Waals surface area contributed by atoms with Gasteiger partial charge in [0.1, 0.15) is 0 Å². The molecule has 1 atom stereocenters. The Morgan fingerprint density at radius 3 is 2.67 bits per heavy atom. The van der Waals surface area contributed by atoms with E-state index in [1.807, 2.05) is 37.2 Å². The van der Waals surface area contributed by atoms with Gasteiger partial charge in [0, 0.05) is 31.0 Å². The van der Waals surface area contributed by atoms with E-state index in [1.165, 1.54) is 0 Å². The molecule has 1 aromatic heterocycles.